The summed E-state index contributed by atoms with van der Waals surface area (Å²) in [6, 6.07) is 19.6. The van der Waals surface area contributed by atoms with Crippen molar-refractivity contribution in [2.24, 2.45) is 0 Å². The fourth-order valence-corrected chi connectivity index (χ4v) is 2.97. The van der Waals surface area contributed by atoms with Gasteiger partial charge in [-0.15, -0.1) is 0 Å². The van der Waals surface area contributed by atoms with Crippen molar-refractivity contribution >= 4 is 17.3 Å². The van der Waals surface area contributed by atoms with Gasteiger partial charge in [0.15, 0.2) is 11.5 Å². The Balaban J connectivity index is 1.51. The van der Waals surface area contributed by atoms with Crippen LogP contribution in [-0.2, 0) is 6.54 Å². The number of para-hydroxylation sites is 1. The lowest BCUT2D eigenvalue weighted by Gasteiger charge is -2.12. The van der Waals surface area contributed by atoms with Gasteiger partial charge in [0.2, 0.25) is 0 Å². The zero-order valence-electron chi connectivity index (χ0n) is 15.9. The van der Waals surface area contributed by atoms with E-state index in [1.807, 2.05) is 42.5 Å². The van der Waals surface area contributed by atoms with Gasteiger partial charge in [-0.25, -0.2) is 4.39 Å². The molecular weight excluding hydrogens is 409 g/mol. The summed E-state index contributed by atoms with van der Waals surface area (Å²) in [5.74, 6) is 0.537. The lowest BCUT2D eigenvalue weighted by molar-refractivity contribution is 0.363. The molecule has 0 unspecified atom stereocenters. The fraction of sp³-hybridized carbons (Fsp3) is 0.0952. The van der Waals surface area contributed by atoms with Gasteiger partial charge >= 0.3 is 6.01 Å². The molecule has 0 amide bonds. The summed E-state index contributed by atoms with van der Waals surface area (Å²) in [4.78, 5) is 0. The standard InChI is InChI=1S/C21H17ClFN5O2/c1-29-20-11-14(13-24-15-8-9-18(23)17(22)12-15)7-10-19(20)30-21-25-26-27-28(21)16-5-3-2-4-6-16/h2-12,24H,13H2,1H3. The summed E-state index contributed by atoms with van der Waals surface area (Å²) >= 11 is 5.82. The topological polar surface area (TPSA) is 74.1 Å². The van der Waals surface area contributed by atoms with Crippen LogP contribution < -0.4 is 14.8 Å². The molecule has 0 radical (unpaired) electrons. The molecular formula is C21H17ClFN5O2. The summed E-state index contributed by atoms with van der Waals surface area (Å²) in [6.45, 7) is 0.486. The molecule has 1 heterocycles. The van der Waals surface area contributed by atoms with Crippen molar-refractivity contribution in [1.29, 1.82) is 0 Å². The number of aromatic nitrogens is 4. The van der Waals surface area contributed by atoms with E-state index in [2.05, 4.69) is 20.8 Å². The van der Waals surface area contributed by atoms with Crippen LogP contribution in [0.25, 0.3) is 5.69 Å². The van der Waals surface area contributed by atoms with Gasteiger partial charge in [-0.05, 0) is 58.5 Å². The van der Waals surface area contributed by atoms with Gasteiger partial charge in [-0.1, -0.05) is 41.0 Å². The number of benzene rings is 3. The highest BCUT2D eigenvalue weighted by Gasteiger charge is 2.14. The molecule has 0 aliphatic carbocycles. The van der Waals surface area contributed by atoms with E-state index >= 15 is 0 Å². The zero-order chi connectivity index (χ0) is 20.9. The average Bonchev–Trinajstić information content (AvgIpc) is 3.24. The summed E-state index contributed by atoms with van der Waals surface area (Å²) in [5.41, 5.74) is 2.42. The van der Waals surface area contributed by atoms with Gasteiger partial charge in [0.1, 0.15) is 5.82 Å². The number of methoxy groups -OCH3 is 1. The minimum atomic E-state index is -0.455. The molecule has 1 aromatic heterocycles. The van der Waals surface area contributed by atoms with Crippen molar-refractivity contribution in [3.8, 4) is 23.2 Å². The Morgan fingerprint density at radius 1 is 1.03 bits per heavy atom. The second-order valence-electron chi connectivity index (χ2n) is 6.28. The Hall–Kier alpha value is -3.65. The number of nitrogens with one attached hydrogen (secondary N) is 1. The van der Waals surface area contributed by atoms with Crippen LogP contribution in [0.5, 0.6) is 17.5 Å². The van der Waals surface area contributed by atoms with Crippen LogP contribution in [0.15, 0.2) is 66.7 Å². The predicted molar refractivity (Wildman–Crippen MR) is 111 cm³/mol. The van der Waals surface area contributed by atoms with Gasteiger partial charge in [-0.2, -0.15) is 4.68 Å². The Bertz CT molecular complexity index is 1150. The summed E-state index contributed by atoms with van der Waals surface area (Å²) in [6.07, 6.45) is 0. The van der Waals surface area contributed by atoms with Crippen molar-refractivity contribution in [3.63, 3.8) is 0 Å². The molecule has 0 spiro atoms. The molecule has 0 fully saturated rings. The fourth-order valence-electron chi connectivity index (χ4n) is 2.79. The van der Waals surface area contributed by atoms with Gasteiger partial charge in [0, 0.05) is 12.2 Å². The van der Waals surface area contributed by atoms with Gasteiger partial charge in [0.25, 0.3) is 0 Å². The summed E-state index contributed by atoms with van der Waals surface area (Å²) in [7, 11) is 1.55. The molecule has 7 nitrogen and oxygen atoms in total. The van der Waals surface area contributed by atoms with Gasteiger partial charge in [0.05, 0.1) is 17.8 Å². The monoisotopic (exact) mass is 425 g/mol. The van der Waals surface area contributed by atoms with E-state index in [9.17, 15) is 4.39 Å². The molecule has 30 heavy (non-hydrogen) atoms. The van der Waals surface area contributed by atoms with E-state index in [4.69, 9.17) is 21.1 Å². The van der Waals surface area contributed by atoms with Crippen molar-refractivity contribution < 1.29 is 13.9 Å². The molecule has 4 rings (SSSR count). The first-order valence-corrected chi connectivity index (χ1v) is 9.39. The maximum atomic E-state index is 13.3. The second-order valence-corrected chi connectivity index (χ2v) is 6.69. The lowest BCUT2D eigenvalue weighted by Crippen LogP contribution is -2.02. The molecule has 152 valence electrons. The molecule has 0 saturated heterocycles. The Morgan fingerprint density at radius 3 is 2.63 bits per heavy atom. The number of anilines is 1. The molecule has 0 aliphatic rings. The highest BCUT2D eigenvalue weighted by atomic mass is 35.5. The summed E-state index contributed by atoms with van der Waals surface area (Å²) < 4.78 is 26.1. The highest BCUT2D eigenvalue weighted by molar-refractivity contribution is 6.31. The third-order valence-corrected chi connectivity index (χ3v) is 4.58. The van der Waals surface area contributed by atoms with Crippen LogP contribution in [0.1, 0.15) is 5.56 Å². The Kier molecular flexibility index (Phi) is 5.76. The van der Waals surface area contributed by atoms with Gasteiger partial charge < -0.3 is 14.8 Å². The SMILES string of the molecule is COc1cc(CNc2ccc(F)c(Cl)c2)ccc1Oc1nnnn1-c1ccccc1. The van der Waals surface area contributed by atoms with E-state index < -0.39 is 5.82 Å². The Labute approximate surface area is 177 Å². The summed E-state index contributed by atoms with van der Waals surface area (Å²) in [5, 5.41) is 14.9. The highest BCUT2D eigenvalue weighted by Crippen LogP contribution is 2.32. The first-order chi connectivity index (χ1) is 14.6. The maximum Gasteiger partial charge on any atom is 0.346 e. The predicted octanol–water partition coefficient (Wildman–Crippen LogP) is 4.87. The average molecular weight is 426 g/mol. The first-order valence-electron chi connectivity index (χ1n) is 9.01. The number of hydrogen-bond donors (Lipinski definition) is 1. The second kappa shape index (κ2) is 8.79. The van der Waals surface area contributed by atoms with Crippen LogP contribution in [0, 0.1) is 5.82 Å². The van der Waals surface area contributed by atoms with Crippen LogP contribution in [0.3, 0.4) is 0 Å². The van der Waals surface area contributed by atoms with Crippen molar-refractivity contribution in [2.45, 2.75) is 6.54 Å². The molecule has 3 aromatic carbocycles. The van der Waals surface area contributed by atoms with E-state index in [-0.39, 0.29) is 11.0 Å². The van der Waals surface area contributed by atoms with Crippen LogP contribution in [0.2, 0.25) is 5.02 Å². The van der Waals surface area contributed by atoms with E-state index in [0.29, 0.717) is 23.7 Å². The van der Waals surface area contributed by atoms with Crippen molar-refractivity contribution in [1.82, 2.24) is 20.2 Å². The molecule has 0 saturated carbocycles. The van der Waals surface area contributed by atoms with Crippen molar-refractivity contribution in [2.75, 3.05) is 12.4 Å². The quantitative estimate of drug-likeness (QED) is 0.455. The minimum absolute atomic E-state index is 0.0671. The molecule has 9 heteroatoms. The lowest BCUT2D eigenvalue weighted by atomic mass is 10.2. The third-order valence-electron chi connectivity index (χ3n) is 4.29. The number of rotatable bonds is 7. The molecule has 0 aliphatic heterocycles. The van der Waals surface area contributed by atoms with Crippen LogP contribution in [-0.4, -0.2) is 27.3 Å². The maximum absolute atomic E-state index is 13.3. The normalized spacial score (nSPS) is 10.6. The Morgan fingerprint density at radius 2 is 1.87 bits per heavy atom. The number of hydrogen-bond acceptors (Lipinski definition) is 6. The van der Waals surface area contributed by atoms with E-state index in [1.165, 1.54) is 16.8 Å². The smallest absolute Gasteiger partial charge is 0.346 e. The first kappa shape index (κ1) is 19.7. The van der Waals surface area contributed by atoms with E-state index in [0.717, 1.165) is 11.3 Å². The van der Waals surface area contributed by atoms with Crippen molar-refractivity contribution in [3.05, 3.63) is 83.1 Å². The molecule has 0 atom stereocenters. The largest absolute Gasteiger partial charge is 0.493 e. The number of ether oxygens (including phenoxy) is 2. The third kappa shape index (κ3) is 4.33. The number of nitrogens with zero attached hydrogens (tertiary/aromatic N) is 4. The molecule has 0 bridgehead atoms. The van der Waals surface area contributed by atoms with Crippen LogP contribution >= 0.6 is 11.6 Å². The molecule has 4 aromatic rings. The number of tetrazole rings is 1. The van der Waals surface area contributed by atoms with Gasteiger partial charge in [-0.3, -0.25) is 0 Å². The van der Waals surface area contributed by atoms with Crippen LogP contribution in [0.4, 0.5) is 10.1 Å². The minimum Gasteiger partial charge on any atom is -0.493 e. The number of halogens is 2. The molecule has 1 N–H and O–H groups in total. The van der Waals surface area contributed by atoms with E-state index in [1.54, 1.807) is 19.2 Å². The zero-order valence-corrected chi connectivity index (χ0v) is 16.7.